The van der Waals surface area contributed by atoms with Crippen LogP contribution in [0.25, 0.3) is 0 Å². The molecule has 0 bridgehead atoms. The average molecular weight is 616 g/mol. The van der Waals surface area contributed by atoms with E-state index >= 15 is 0 Å². The molecule has 1 unspecified atom stereocenters. The number of ether oxygens (including phenoxy) is 2. The Bertz CT molecular complexity index is 1680. The Labute approximate surface area is 259 Å². The maximum Gasteiger partial charge on any atom is 0.264 e. The Morgan fingerprint density at radius 3 is 2.05 bits per heavy atom. The molecule has 0 aliphatic rings. The maximum absolute atomic E-state index is 14.4. The molecule has 2 amide bonds. The van der Waals surface area contributed by atoms with Crippen LogP contribution in [0.5, 0.6) is 11.5 Å². The quantitative estimate of drug-likeness (QED) is 0.236. The summed E-state index contributed by atoms with van der Waals surface area (Å²) in [7, 11) is 0.119. The van der Waals surface area contributed by atoms with Gasteiger partial charge in [0.2, 0.25) is 11.8 Å². The third-order valence-electron chi connectivity index (χ3n) is 7.22. The van der Waals surface area contributed by atoms with Crippen LogP contribution in [0.4, 0.5) is 5.69 Å². The minimum Gasteiger partial charge on any atom is -0.493 e. The van der Waals surface area contributed by atoms with E-state index in [1.807, 2.05) is 61.5 Å². The fourth-order valence-electron chi connectivity index (χ4n) is 4.95. The van der Waals surface area contributed by atoms with Crippen molar-refractivity contribution in [1.82, 2.24) is 10.2 Å². The highest BCUT2D eigenvalue weighted by Gasteiger charge is 2.34. The van der Waals surface area contributed by atoms with Gasteiger partial charge in [0.25, 0.3) is 10.0 Å². The third kappa shape index (κ3) is 7.57. The second-order valence-corrected chi connectivity index (χ2v) is 12.1. The minimum absolute atomic E-state index is 0.0795. The monoisotopic (exact) mass is 615 g/mol. The third-order valence-corrected chi connectivity index (χ3v) is 8.99. The summed E-state index contributed by atoms with van der Waals surface area (Å²) < 4.78 is 40.1. The van der Waals surface area contributed by atoms with Crippen molar-refractivity contribution in [3.05, 3.63) is 120 Å². The van der Waals surface area contributed by atoms with Crippen LogP contribution < -0.4 is 19.1 Å². The van der Waals surface area contributed by atoms with Gasteiger partial charge < -0.3 is 19.7 Å². The van der Waals surface area contributed by atoms with Crippen LogP contribution in [-0.4, -0.2) is 59.0 Å². The van der Waals surface area contributed by atoms with Gasteiger partial charge in [-0.1, -0.05) is 78.4 Å². The van der Waals surface area contributed by atoms with Crippen molar-refractivity contribution in [1.29, 1.82) is 0 Å². The van der Waals surface area contributed by atoms with E-state index in [0.29, 0.717) is 11.4 Å². The molecule has 0 aliphatic heterocycles. The number of anilines is 1. The molecule has 4 aromatic rings. The van der Waals surface area contributed by atoms with Gasteiger partial charge in [0.05, 0.1) is 24.8 Å². The molecule has 0 fully saturated rings. The summed E-state index contributed by atoms with van der Waals surface area (Å²) in [5.41, 5.74) is 2.97. The summed E-state index contributed by atoms with van der Waals surface area (Å²) in [4.78, 5) is 29.1. The Balaban J connectivity index is 1.79. The zero-order chi connectivity index (χ0) is 31.7. The topological polar surface area (TPSA) is 105 Å². The van der Waals surface area contributed by atoms with Crippen LogP contribution in [0.3, 0.4) is 0 Å². The predicted molar refractivity (Wildman–Crippen MR) is 170 cm³/mol. The molecule has 1 atom stereocenters. The Hall–Kier alpha value is -4.83. The molecule has 0 spiro atoms. The fourth-order valence-corrected chi connectivity index (χ4v) is 6.39. The normalized spacial score (nSPS) is 11.7. The Kier molecular flexibility index (Phi) is 10.6. The minimum atomic E-state index is -4.28. The van der Waals surface area contributed by atoms with E-state index < -0.39 is 28.5 Å². The number of carbonyl (C=O) groups excluding carboxylic acids is 2. The molecule has 4 rings (SSSR count). The van der Waals surface area contributed by atoms with Gasteiger partial charge in [0, 0.05) is 26.1 Å². The SMILES string of the molecule is CNC(=O)C(Cc1ccccc1)N(Cc1cccc(C)c1)C(=O)CN(c1ccccc1)S(=O)(=O)c1ccc(OC)c(OC)c1. The van der Waals surface area contributed by atoms with Crippen LogP contribution >= 0.6 is 0 Å². The van der Waals surface area contributed by atoms with E-state index in [0.717, 1.165) is 21.0 Å². The number of hydrogen-bond acceptors (Lipinski definition) is 6. The summed E-state index contributed by atoms with van der Waals surface area (Å²) >= 11 is 0. The number of hydrogen-bond donors (Lipinski definition) is 1. The summed E-state index contributed by atoms with van der Waals surface area (Å²) in [6, 6.07) is 28.8. The maximum atomic E-state index is 14.4. The van der Waals surface area contributed by atoms with Crippen molar-refractivity contribution in [3.63, 3.8) is 0 Å². The zero-order valence-electron chi connectivity index (χ0n) is 25.3. The highest BCUT2D eigenvalue weighted by molar-refractivity contribution is 7.92. The first-order valence-corrected chi connectivity index (χ1v) is 15.5. The van der Waals surface area contributed by atoms with Crippen LogP contribution in [-0.2, 0) is 32.6 Å². The van der Waals surface area contributed by atoms with Crippen molar-refractivity contribution in [2.45, 2.75) is 30.8 Å². The molecular weight excluding hydrogens is 578 g/mol. The number of likely N-dealkylation sites (N-methyl/N-ethyl adjacent to an activating group) is 1. The van der Waals surface area contributed by atoms with Gasteiger partial charge in [-0.25, -0.2) is 8.42 Å². The van der Waals surface area contributed by atoms with E-state index in [9.17, 15) is 18.0 Å². The molecule has 44 heavy (non-hydrogen) atoms. The van der Waals surface area contributed by atoms with Gasteiger partial charge in [-0.15, -0.1) is 0 Å². The molecule has 1 N–H and O–H groups in total. The van der Waals surface area contributed by atoms with Crippen LogP contribution in [0, 0.1) is 6.92 Å². The lowest BCUT2D eigenvalue weighted by Crippen LogP contribution is -2.53. The number of carbonyl (C=O) groups is 2. The number of para-hydroxylation sites is 1. The van der Waals surface area contributed by atoms with Crippen LogP contribution in [0.2, 0.25) is 0 Å². The van der Waals surface area contributed by atoms with Gasteiger partial charge in [0.1, 0.15) is 12.6 Å². The van der Waals surface area contributed by atoms with Gasteiger partial charge in [-0.2, -0.15) is 0 Å². The first-order valence-electron chi connectivity index (χ1n) is 14.1. The lowest BCUT2D eigenvalue weighted by Gasteiger charge is -2.33. The molecule has 0 saturated heterocycles. The lowest BCUT2D eigenvalue weighted by atomic mass is 10.0. The molecule has 0 aromatic heterocycles. The van der Waals surface area contributed by atoms with Crippen molar-refractivity contribution < 1.29 is 27.5 Å². The highest BCUT2D eigenvalue weighted by Crippen LogP contribution is 2.32. The molecule has 0 aliphatic carbocycles. The standard InChI is InChI=1S/C34H37N3O6S/c1-25-12-11-15-27(20-25)23-36(30(34(39)35-2)21-26-13-7-5-8-14-26)33(38)24-37(28-16-9-6-10-17-28)44(40,41)29-18-19-31(42-3)32(22-29)43-4/h5-20,22,30H,21,23-24H2,1-4H3,(H,35,39). The van der Waals surface area contributed by atoms with E-state index in [-0.39, 0.29) is 29.5 Å². The second kappa shape index (κ2) is 14.6. The van der Waals surface area contributed by atoms with Crippen molar-refractivity contribution in [2.24, 2.45) is 0 Å². The number of nitrogens with zero attached hydrogens (tertiary/aromatic N) is 2. The molecule has 10 heteroatoms. The van der Waals surface area contributed by atoms with Gasteiger partial charge >= 0.3 is 0 Å². The first kappa shape index (κ1) is 32.1. The molecule has 4 aromatic carbocycles. The summed E-state index contributed by atoms with van der Waals surface area (Å²) in [5, 5.41) is 2.69. The summed E-state index contributed by atoms with van der Waals surface area (Å²) in [5.74, 6) is -0.295. The van der Waals surface area contributed by atoms with Gasteiger partial charge in [-0.3, -0.25) is 13.9 Å². The number of sulfonamides is 1. The number of nitrogens with one attached hydrogen (secondary N) is 1. The summed E-state index contributed by atoms with van der Waals surface area (Å²) in [6.07, 6.45) is 0.242. The second-order valence-electron chi connectivity index (χ2n) is 10.2. The molecule has 230 valence electrons. The van der Waals surface area contributed by atoms with E-state index in [4.69, 9.17) is 9.47 Å². The van der Waals surface area contributed by atoms with Gasteiger partial charge in [0.15, 0.2) is 11.5 Å². The smallest absolute Gasteiger partial charge is 0.264 e. The first-order chi connectivity index (χ1) is 21.2. The average Bonchev–Trinajstić information content (AvgIpc) is 3.05. The molecular formula is C34H37N3O6S. The fraction of sp³-hybridized carbons (Fsp3) is 0.235. The van der Waals surface area contributed by atoms with Crippen molar-refractivity contribution in [2.75, 3.05) is 32.1 Å². The van der Waals surface area contributed by atoms with Crippen LogP contribution in [0.15, 0.2) is 108 Å². The lowest BCUT2D eigenvalue weighted by molar-refractivity contribution is -0.139. The number of aryl methyl sites for hydroxylation is 1. The zero-order valence-corrected chi connectivity index (χ0v) is 26.1. The van der Waals surface area contributed by atoms with E-state index in [1.54, 1.807) is 30.3 Å². The van der Waals surface area contributed by atoms with E-state index in [1.165, 1.54) is 44.4 Å². The molecule has 0 radical (unpaired) electrons. The molecule has 0 saturated carbocycles. The largest absolute Gasteiger partial charge is 0.493 e. The Morgan fingerprint density at radius 2 is 1.43 bits per heavy atom. The Morgan fingerprint density at radius 1 is 0.795 bits per heavy atom. The molecule has 9 nitrogen and oxygen atoms in total. The van der Waals surface area contributed by atoms with E-state index in [2.05, 4.69) is 5.32 Å². The predicted octanol–water partition coefficient (Wildman–Crippen LogP) is 4.59. The van der Waals surface area contributed by atoms with Gasteiger partial charge in [-0.05, 0) is 42.3 Å². The number of rotatable bonds is 13. The number of benzene rings is 4. The highest BCUT2D eigenvalue weighted by atomic mass is 32.2. The van der Waals surface area contributed by atoms with Crippen molar-refractivity contribution in [3.8, 4) is 11.5 Å². The van der Waals surface area contributed by atoms with Crippen LogP contribution in [0.1, 0.15) is 16.7 Å². The summed E-state index contributed by atoms with van der Waals surface area (Å²) in [6.45, 7) is 1.50. The van der Waals surface area contributed by atoms with Crippen molar-refractivity contribution >= 4 is 27.5 Å². The molecule has 0 heterocycles. The number of methoxy groups -OCH3 is 2. The number of amides is 2.